The number of para-hydroxylation sites is 1. The van der Waals surface area contributed by atoms with Gasteiger partial charge in [0.25, 0.3) is 0 Å². The Morgan fingerprint density at radius 1 is 1.59 bits per heavy atom. The van der Waals surface area contributed by atoms with Gasteiger partial charge in [0.1, 0.15) is 5.54 Å². The maximum atomic E-state index is 11.5. The normalized spacial score (nSPS) is 28.0. The van der Waals surface area contributed by atoms with Gasteiger partial charge in [-0.15, -0.1) is 0 Å². The van der Waals surface area contributed by atoms with Crippen LogP contribution in [0.2, 0.25) is 5.02 Å². The van der Waals surface area contributed by atoms with Crippen LogP contribution in [0.25, 0.3) is 0 Å². The van der Waals surface area contributed by atoms with Crippen LogP contribution in [-0.4, -0.2) is 27.6 Å². The summed E-state index contributed by atoms with van der Waals surface area (Å²) < 4.78 is 0. The second-order valence-corrected chi connectivity index (χ2v) is 6.00. The summed E-state index contributed by atoms with van der Waals surface area (Å²) >= 11 is 7.73. The van der Waals surface area contributed by atoms with Gasteiger partial charge in [-0.1, -0.05) is 30.7 Å². The molecule has 0 bridgehead atoms. The summed E-state index contributed by atoms with van der Waals surface area (Å²) in [6.07, 6.45) is 0.611. The lowest BCUT2D eigenvalue weighted by Gasteiger charge is -2.30. The highest BCUT2D eigenvalue weighted by molar-refractivity contribution is 8.00. The molecule has 0 saturated carbocycles. The van der Waals surface area contributed by atoms with Crippen molar-refractivity contribution in [2.24, 2.45) is 0 Å². The Bertz CT molecular complexity index is 440. The van der Waals surface area contributed by atoms with Crippen LogP contribution in [0.3, 0.4) is 0 Å². The van der Waals surface area contributed by atoms with Crippen molar-refractivity contribution in [1.82, 2.24) is 0 Å². The van der Waals surface area contributed by atoms with Crippen molar-refractivity contribution in [1.29, 1.82) is 0 Å². The van der Waals surface area contributed by atoms with Gasteiger partial charge >= 0.3 is 5.97 Å². The second-order valence-electron chi connectivity index (χ2n) is 4.14. The van der Waals surface area contributed by atoms with E-state index in [1.54, 1.807) is 17.8 Å². The molecular weight excluding hydrogens is 258 g/mol. The smallest absolute Gasteiger partial charge is 0.330 e. The molecule has 2 unspecified atom stereocenters. The number of thioether (sulfide) groups is 1. The van der Waals surface area contributed by atoms with Crippen molar-refractivity contribution >= 4 is 35.0 Å². The first-order valence-corrected chi connectivity index (χ1v) is 6.86. The molecule has 1 fully saturated rings. The van der Waals surface area contributed by atoms with Gasteiger partial charge in [0.05, 0.1) is 10.7 Å². The molecule has 2 rings (SSSR count). The van der Waals surface area contributed by atoms with Crippen molar-refractivity contribution in [2.75, 3.05) is 11.1 Å². The van der Waals surface area contributed by atoms with E-state index < -0.39 is 11.5 Å². The Labute approximate surface area is 110 Å². The molecular formula is C12H14ClNO2S. The van der Waals surface area contributed by atoms with E-state index in [1.165, 1.54) is 0 Å². The van der Waals surface area contributed by atoms with Crippen LogP contribution in [0.15, 0.2) is 24.3 Å². The number of hydrogen-bond donors (Lipinski definition) is 2. The first kappa shape index (κ1) is 12.6. The minimum absolute atomic E-state index is 0.0243. The number of halogens is 1. The van der Waals surface area contributed by atoms with E-state index in [1.807, 2.05) is 25.1 Å². The number of carboxylic acid groups (broad SMARTS) is 1. The summed E-state index contributed by atoms with van der Waals surface area (Å²) in [5.74, 6) is 0.0418. The molecule has 3 nitrogen and oxygen atoms in total. The van der Waals surface area contributed by atoms with Crippen molar-refractivity contribution in [3.63, 3.8) is 0 Å². The Kier molecular flexibility index (Phi) is 3.54. The number of carboxylic acids is 1. The Hall–Kier alpha value is -0.870. The van der Waals surface area contributed by atoms with E-state index in [9.17, 15) is 9.90 Å². The predicted molar refractivity (Wildman–Crippen MR) is 72.0 cm³/mol. The quantitative estimate of drug-likeness (QED) is 0.887. The molecule has 0 aliphatic carbocycles. The molecule has 1 aromatic rings. The standard InChI is InChI=1S/C12H14ClNO2S/c1-8-12(11(15)16,6-7-17-8)14-10-5-3-2-4-9(10)13/h2-5,8,14H,6-7H2,1H3,(H,15,16). The van der Waals surface area contributed by atoms with Gasteiger partial charge in [0, 0.05) is 5.25 Å². The van der Waals surface area contributed by atoms with Crippen LogP contribution in [0.4, 0.5) is 5.69 Å². The zero-order valence-corrected chi connectivity index (χ0v) is 11.0. The summed E-state index contributed by atoms with van der Waals surface area (Å²) in [5, 5.41) is 13.2. The van der Waals surface area contributed by atoms with Crippen LogP contribution in [-0.2, 0) is 4.79 Å². The minimum Gasteiger partial charge on any atom is -0.479 e. The number of rotatable bonds is 3. The Morgan fingerprint density at radius 2 is 2.29 bits per heavy atom. The van der Waals surface area contributed by atoms with Gasteiger partial charge in [-0.05, 0) is 24.3 Å². The topological polar surface area (TPSA) is 49.3 Å². The van der Waals surface area contributed by atoms with Gasteiger partial charge in [-0.3, -0.25) is 0 Å². The number of carbonyl (C=O) groups is 1. The highest BCUT2D eigenvalue weighted by atomic mass is 35.5. The molecule has 2 atom stereocenters. The molecule has 0 aromatic heterocycles. The fourth-order valence-corrected chi connectivity index (χ4v) is 3.58. The molecule has 1 aliphatic heterocycles. The van der Waals surface area contributed by atoms with Crippen LogP contribution >= 0.6 is 23.4 Å². The lowest BCUT2D eigenvalue weighted by molar-refractivity contribution is -0.142. The van der Waals surface area contributed by atoms with E-state index in [4.69, 9.17) is 11.6 Å². The van der Waals surface area contributed by atoms with E-state index in [0.29, 0.717) is 17.1 Å². The van der Waals surface area contributed by atoms with Gasteiger partial charge < -0.3 is 10.4 Å². The van der Waals surface area contributed by atoms with E-state index in [-0.39, 0.29) is 5.25 Å². The van der Waals surface area contributed by atoms with Crippen molar-refractivity contribution in [2.45, 2.75) is 24.1 Å². The zero-order chi connectivity index (χ0) is 12.5. The third-order valence-electron chi connectivity index (χ3n) is 3.17. The molecule has 17 heavy (non-hydrogen) atoms. The molecule has 1 aliphatic rings. The lowest BCUT2D eigenvalue weighted by Crippen LogP contribution is -2.50. The second kappa shape index (κ2) is 4.78. The summed E-state index contributed by atoms with van der Waals surface area (Å²) in [4.78, 5) is 11.5. The molecule has 1 aromatic carbocycles. The van der Waals surface area contributed by atoms with Crippen LogP contribution in [0.5, 0.6) is 0 Å². The van der Waals surface area contributed by atoms with Crippen LogP contribution in [0.1, 0.15) is 13.3 Å². The van der Waals surface area contributed by atoms with Crippen molar-refractivity contribution in [3.05, 3.63) is 29.3 Å². The molecule has 1 heterocycles. The summed E-state index contributed by atoms with van der Waals surface area (Å²) in [5.41, 5.74) is -0.221. The van der Waals surface area contributed by atoms with Crippen molar-refractivity contribution in [3.8, 4) is 0 Å². The fraction of sp³-hybridized carbons (Fsp3) is 0.417. The fourth-order valence-electron chi connectivity index (χ4n) is 2.04. The molecule has 0 spiro atoms. The molecule has 1 saturated heterocycles. The average Bonchev–Trinajstić information content (AvgIpc) is 2.65. The van der Waals surface area contributed by atoms with E-state index >= 15 is 0 Å². The molecule has 5 heteroatoms. The van der Waals surface area contributed by atoms with Crippen LogP contribution in [0, 0.1) is 0 Å². The van der Waals surface area contributed by atoms with Gasteiger partial charge in [0.2, 0.25) is 0 Å². The SMILES string of the molecule is CC1SCCC1(Nc1ccccc1Cl)C(=O)O. The third kappa shape index (κ3) is 2.24. The monoisotopic (exact) mass is 271 g/mol. The first-order valence-electron chi connectivity index (χ1n) is 5.44. The number of hydrogen-bond acceptors (Lipinski definition) is 3. The van der Waals surface area contributed by atoms with E-state index in [0.717, 1.165) is 5.75 Å². The maximum Gasteiger partial charge on any atom is 0.330 e. The third-order valence-corrected chi connectivity index (χ3v) is 4.84. The number of benzene rings is 1. The Balaban J connectivity index is 2.31. The molecule has 0 amide bonds. The zero-order valence-electron chi connectivity index (χ0n) is 9.44. The highest BCUT2D eigenvalue weighted by Gasteiger charge is 2.48. The number of nitrogens with one attached hydrogen (secondary N) is 1. The number of aliphatic carboxylic acids is 1. The Morgan fingerprint density at radius 3 is 2.82 bits per heavy atom. The van der Waals surface area contributed by atoms with Gasteiger partial charge in [-0.2, -0.15) is 11.8 Å². The summed E-state index contributed by atoms with van der Waals surface area (Å²) in [7, 11) is 0. The minimum atomic E-state index is -0.907. The lowest BCUT2D eigenvalue weighted by atomic mass is 9.92. The first-order chi connectivity index (χ1) is 8.06. The molecule has 2 N–H and O–H groups in total. The summed E-state index contributed by atoms with van der Waals surface area (Å²) in [6, 6.07) is 7.24. The number of anilines is 1. The van der Waals surface area contributed by atoms with Crippen molar-refractivity contribution < 1.29 is 9.90 Å². The largest absolute Gasteiger partial charge is 0.479 e. The van der Waals surface area contributed by atoms with Gasteiger partial charge in [-0.25, -0.2) is 4.79 Å². The van der Waals surface area contributed by atoms with E-state index in [2.05, 4.69) is 5.32 Å². The van der Waals surface area contributed by atoms with Crippen LogP contribution < -0.4 is 5.32 Å². The predicted octanol–water partition coefficient (Wildman–Crippen LogP) is 3.10. The highest BCUT2D eigenvalue weighted by Crippen LogP contribution is 2.39. The average molecular weight is 272 g/mol. The molecule has 92 valence electrons. The summed E-state index contributed by atoms with van der Waals surface area (Å²) in [6.45, 7) is 1.94. The maximum absolute atomic E-state index is 11.5. The van der Waals surface area contributed by atoms with Gasteiger partial charge in [0.15, 0.2) is 0 Å². The molecule has 0 radical (unpaired) electrons.